The lowest BCUT2D eigenvalue weighted by Gasteiger charge is -1.97. The van der Waals surface area contributed by atoms with Crippen LogP contribution in [0, 0.1) is 6.92 Å². The maximum absolute atomic E-state index is 12.3. The number of aromatic amines is 1. The third kappa shape index (κ3) is 1.57. The number of H-pyrrole nitrogens is 1. The fraction of sp³-hybridized carbons (Fsp3) is 0.0769. The first kappa shape index (κ1) is 10.2. The molecule has 0 unspecified atom stereocenters. The fourth-order valence-corrected chi connectivity index (χ4v) is 2.55. The number of aryl methyl sites for hydroxylation is 1. The van der Waals surface area contributed by atoms with Gasteiger partial charge in [-0.15, -0.1) is 11.3 Å². The summed E-state index contributed by atoms with van der Waals surface area (Å²) in [5.41, 5.74) is 4.80. The lowest BCUT2D eigenvalue weighted by molar-refractivity contribution is 0.103. The lowest BCUT2D eigenvalue weighted by Crippen LogP contribution is -2.02. The van der Waals surface area contributed by atoms with Crippen molar-refractivity contribution in [2.24, 2.45) is 0 Å². The second-order valence-corrected chi connectivity index (χ2v) is 4.59. The van der Waals surface area contributed by atoms with Crippen molar-refractivity contribution in [3.63, 3.8) is 0 Å². The number of nitrogens with zero attached hydrogens (tertiary/aromatic N) is 1. The summed E-state index contributed by atoms with van der Waals surface area (Å²) in [4.78, 5) is 19.6. The molecule has 3 nitrogen and oxygen atoms in total. The van der Waals surface area contributed by atoms with Gasteiger partial charge in [-0.1, -0.05) is 18.2 Å². The number of ketones is 1. The highest BCUT2D eigenvalue weighted by molar-refractivity contribution is 7.07. The number of thiazole rings is 1. The summed E-state index contributed by atoms with van der Waals surface area (Å²) in [6.07, 6.45) is 0. The molecule has 3 rings (SSSR count). The molecule has 4 heteroatoms. The van der Waals surface area contributed by atoms with E-state index in [9.17, 15) is 4.79 Å². The molecular formula is C13H10N2OS. The molecule has 84 valence electrons. The largest absolute Gasteiger partial charge is 0.358 e. The molecule has 2 aromatic heterocycles. The Morgan fingerprint density at radius 2 is 2.18 bits per heavy atom. The molecule has 0 saturated carbocycles. The molecule has 2 heterocycles. The van der Waals surface area contributed by atoms with Gasteiger partial charge < -0.3 is 4.98 Å². The van der Waals surface area contributed by atoms with Crippen molar-refractivity contribution >= 4 is 28.0 Å². The summed E-state index contributed by atoms with van der Waals surface area (Å²) in [5, 5.41) is 2.74. The Hall–Kier alpha value is -1.94. The summed E-state index contributed by atoms with van der Waals surface area (Å²) >= 11 is 1.43. The molecule has 0 bridgehead atoms. The number of hydrogen-bond donors (Lipinski definition) is 1. The third-order valence-electron chi connectivity index (χ3n) is 2.79. The number of para-hydroxylation sites is 1. The maximum atomic E-state index is 12.3. The normalized spacial score (nSPS) is 10.9. The van der Waals surface area contributed by atoms with Crippen molar-refractivity contribution in [3.05, 3.63) is 52.1 Å². The first-order valence-corrected chi connectivity index (χ1v) is 6.22. The quantitative estimate of drug-likeness (QED) is 0.701. The number of aromatic nitrogens is 2. The van der Waals surface area contributed by atoms with Crippen LogP contribution >= 0.6 is 11.3 Å². The van der Waals surface area contributed by atoms with Crippen molar-refractivity contribution in [1.82, 2.24) is 9.97 Å². The van der Waals surface area contributed by atoms with Gasteiger partial charge >= 0.3 is 0 Å². The molecule has 0 aliphatic carbocycles. The Morgan fingerprint density at radius 3 is 2.94 bits per heavy atom. The zero-order valence-corrected chi connectivity index (χ0v) is 10.0. The van der Waals surface area contributed by atoms with E-state index in [0.717, 1.165) is 22.2 Å². The van der Waals surface area contributed by atoms with E-state index in [1.165, 1.54) is 11.3 Å². The summed E-state index contributed by atoms with van der Waals surface area (Å²) < 4.78 is 0. The topological polar surface area (TPSA) is 45.8 Å². The number of nitrogens with one attached hydrogen (secondary N) is 1. The molecule has 0 fully saturated rings. The predicted molar refractivity (Wildman–Crippen MR) is 68.6 cm³/mol. The summed E-state index contributed by atoms with van der Waals surface area (Å²) in [6, 6.07) is 7.82. The van der Waals surface area contributed by atoms with E-state index in [0.29, 0.717) is 5.69 Å². The summed E-state index contributed by atoms with van der Waals surface area (Å²) in [7, 11) is 0. The van der Waals surface area contributed by atoms with Crippen LogP contribution in [-0.4, -0.2) is 15.8 Å². The van der Waals surface area contributed by atoms with Gasteiger partial charge in [0.15, 0.2) is 0 Å². The standard InChI is InChI=1S/C13H10N2OS/c1-8-12(13(16)11-6-17-7-14-11)9-4-2-3-5-10(9)15-8/h2-7,15H,1H3. The minimum atomic E-state index is -0.0128. The van der Waals surface area contributed by atoms with E-state index in [2.05, 4.69) is 9.97 Å². The number of hydrogen-bond acceptors (Lipinski definition) is 3. The second-order valence-electron chi connectivity index (χ2n) is 3.87. The van der Waals surface area contributed by atoms with Crippen LogP contribution in [0.5, 0.6) is 0 Å². The van der Waals surface area contributed by atoms with Crippen molar-refractivity contribution in [2.45, 2.75) is 6.92 Å². The monoisotopic (exact) mass is 242 g/mol. The van der Waals surface area contributed by atoms with Crippen LogP contribution < -0.4 is 0 Å². The maximum Gasteiger partial charge on any atom is 0.214 e. The van der Waals surface area contributed by atoms with Gasteiger partial charge in [0.25, 0.3) is 0 Å². The number of benzene rings is 1. The first-order chi connectivity index (χ1) is 8.27. The molecule has 3 aromatic rings. The van der Waals surface area contributed by atoms with Gasteiger partial charge in [0, 0.05) is 22.0 Å². The van der Waals surface area contributed by atoms with E-state index < -0.39 is 0 Å². The Morgan fingerprint density at radius 1 is 1.35 bits per heavy atom. The van der Waals surface area contributed by atoms with E-state index in [-0.39, 0.29) is 5.78 Å². The van der Waals surface area contributed by atoms with Crippen molar-refractivity contribution in [2.75, 3.05) is 0 Å². The summed E-state index contributed by atoms with van der Waals surface area (Å²) in [6.45, 7) is 1.92. The van der Waals surface area contributed by atoms with Crippen molar-refractivity contribution in [1.29, 1.82) is 0 Å². The molecule has 1 aromatic carbocycles. The van der Waals surface area contributed by atoms with Gasteiger partial charge in [0.2, 0.25) is 5.78 Å². The second kappa shape index (κ2) is 3.82. The molecule has 1 N–H and O–H groups in total. The van der Waals surface area contributed by atoms with Crippen LogP contribution in [0.4, 0.5) is 0 Å². The van der Waals surface area contributed by atoms with Gasteiger partial charge in [-0.3, -0.25) is 4.79 Å². The Kier molecular flexibility index (Phi) is 2.30. The summed E-state index contributed by atoms with van der Waals surface area (Å²) in [5.74, 6) is -0.0128. The molecule has 0 aliphatic rings. The number of fused-ring (bicyclic) bond motifs is 1. The predicted octanol–water partition coefficient (Wildman–Crippen LogP) is 3.16. The Labute approximate surface area is 102 Å². The van der Waals surface area contributed by atoms with Crippen LogP contribution in [0.15, 0.2) is 35.2 Å². The Balaban J connectivity index is 2.24. The van der Waals surface area contributed by atoms with E-state index in [1.54, 1.807) is 10.9 Å². The first-order valence-electron chi connectivity index (χ1n) is 5.27. The highest BCUT2D eigenvalue weighted by Gasteiger charge is 2.18. The minimum Gasteiger partial charge on any atom is -0.358 e. The molecule has 0 atom stereocenters. The van der Waals surface area contributed by atoms with E-state index in [1.807, 2.05) is 31.2 Å². The van der Waals surface area contributed by atoms with Gasteiger partial charge in [0.05, 0.1) is 11.1 Å². The van der Waals surface area contributed by atoms with E-state index in [4.69, 9.17) is 0 Å². The third-order valence-corrected chi connectivity index (χ3v) is 3.37. The smallest absolute Gasteiger partial charge is 0.214 e. The SMILES string of the molecule is Cc1[nH]c2ccccc2c1C(=O)c1cscn1. The highest BCUT2D eigenvalue weighted by atomic mass is 32.1. The van der Waals surface area contributed by atoms with Gasteiger partial charge in [-0.05, 0) is 13.0 Å². The van der Waals surface area contributed by atoms with Crippen LogP contribution in [0.2, 0.25) is 0 Å². The van der Waals surface area contributed by atoms with Gasteiger partial charge in [-0.25, -0.2) is 4.98 Å². The fourth-order valence-electron chi connectivity index (χ4n) is 2.02. The molecule has 0 amide bonds. The molecule has 0 radical (unpaired) electrons. The minimum absolute atomic E-state index is 0.0128. The zero-order valence-electron chi connectivity index (χ0n) is 9.23. The van der Waals surface area contributed by atoms with Crippen LogP contribution in [-0.2, 0) is 0 Å². The van der Waals surface area contributed by atoms with Crippen LogP contribution in [0.1, 0.15) is 21.7 Å². The zero-order chi connectivity index (χ0) is 11.8. The van der Waals surface area contributed by atoms with Crippen molar-refractivity contribution < 1.29 is 4.79 Å². The molecule has 17 heavy (non-hydrogen) atoms. The number of rotatable bonds is 2. The molecule has 0 saturated heterocycles. The average Bonchev–Trinajstić information content (AvgIpc) is 2.94. The van der Waals surface area contributed by atoms with Crippen molar-refractivity contribution in [3.8, 4) is 0 Å². The van der Waals surface area contributed by atoms with Gasteiger partial charge in [-0.2, -0.15) is 0 Å². The number of carbonyl (C=O) groups is 1. The van der Waals surface area contributed by atoms with E-state index >= 15 is 0 Å². The lowest BCUT2D eigenvalue weighted by atomic mass is 10.1. The molecule has 0 spiro atoms. The van der Waals surface area contributed by atoms with Gasteiger partial charge in [0.1, 0.15) is 5.69 Å². The molecule has 0 aliphatic heterocycles. The molecular weight excluding hydrogens is 232 g/mol. The Bertz CT molecular complexity index is 683. The van der Waals surface area contributed by atoms with Crippen LogP contribution in [0.25, 0.3) is 10.9 Å². The number of carbonyl (C=O) groups excluding carboxylic acids is 1. The average molecular weight is 242 g/mol. The van der Waals surface area contributed by atoms with Crippen LogP contribution in [0.3, 0.4) is 0 Å². The highest BCUT2D eigenvalue weighted by Crippen LogP contribution is 2.24.